The fourth-order valence-electron chi connectivity index (χ4n) is 2.92. The molecule has 8 heteroatoms. The average molecular weight is 413 g/mol. The Morgan fingerprint density at radius 1 is 1.18 bits per heavy atom. The third-order valence-electron chi connectivity index (χ3n) is 4.36. The third-order valence-corrected chi connectivity index (χ3v) is 5.40. The van der Waals surface area contributed by atoms with E-state index in [1.807, 2.05) is 37.3 Å². The van der Waals surface area contributed by atoms with Gasteiger partial charge in [0.25, 0.3) is 0 Å². The lowest BCUT2D eigenvalue weighted by molar-refractivity contribution is -0.232. The monoisotopic (exact) mass is 412 g/mol. The van der Waals surface area contributed by atoms with Crippen LogP contribution in [-0.2, 0) is 30.4 Å². The Kier molecular flexibility index (Phi) is 9.40. The summed E-state index contributed by atoms with van der Waals surface area (Å²) in [4.78, 5) is 23.1. The van der Waals surface area contributed by atoms with Crippen LogP contribution >= 0.6 is 11.8 Å². The van der Waals surface area contributed by atoms with Crippen LogP contribution in [0.15, 0.2) is 30.3 Å². The second kappa shape index (κ2) is 11.5. The van der Waals surface area contributed by atoms with Crippen LogP contribution in [0.2, 0.25) is 0 Å². The highest BCUT2D eigenvalue weighted by Crippen LogP contribution is 2.32. The van der Waals surface area contributed by atoms with E-state index in [2.05, 4.69) is 0 Å². The van der Waals surface area contributed by atoms with E-state index >= 15 is 0 Å². The van der Waals surface area contributed by atoms with Gasteiger partial charge in [0.2, 0.25) is 0 Å². The molecule has 28 heavy (non-hydrogen) atoms. The Morgan fingerprint density at radius 2 is 1.89 bits per heavy atom. The molecule has 0 bridgehead atoms. The number of benzene rings is 1. The van der Waals surface area contributed by atoms with Gasteiger partial charge >= 0.3 is 5.97 Å². The van der Waals surface area contributed by atoms with Gasteiger partial charge in [-0.05, 0) is 18.2 Å². The summed E-state index contributed by atoms with van der Waals surface area (Å²) in [6.45, 7) is 3.20. The number of rotatable bonds is 10. The predicted octanol–water partition coefficient (Wildman–Crippen LogP) is 1.68. The molecule has 1 aliphatic heterocycles. The lowest BCUT2D eigenvalue weighted by atomic mass is 9.99. The Morgan fingerprint density at radius 3 is 2.50 bits per heavy atom. The van der Waals surface area contributed by atoms with E-state index in [0.717, 1.165) is 11.3 Å². The maximum Gasteiger partial charge on any atom is 0.306 e. The lowest BCUT2D eigenvalue weighted by Gasteiger charge is -2.43. The normalized spacial score (nSPS) is 27.4. The maximum atomic E-state index is 12.0. The molecule has 0 aliphatic carbocycles. The minimum atomic E-state index is -1.17. The number of carbonyl (C=O) groups is 2. The van der Waals surface area contributed by atoms with E-state index in [4.69, 9.17) is 14.2 Å². The molecule has 7 nitrogen and oxygen atoms in total. The molecule has 0 amide bonds. The third kappa shape index (κ3) is 6.56. The van der Waals surface area contributed by atoms with Crippen molar-refractivity contribution in [3.05, 3.63) is 35.9 Å². The minimum absolute atomic E-state index is 0.0640. The van der Waals surface area contributed by atoms with Crippen molar-refractivity contribution in [3.63, 3.8) is 0 Å². The first kappa shape index (κ1) is 22.8. The molecule has 0 radical (unpaired) electrons. The molecule has 0 aromatic heterocycles. The zero-order valence-corrected chi connectivity index (χ0v) is 17.0. The standard InChI is InChI=1S/C20H28O7S/c1-3-28-20-19(25-12-14-7-5-4-6-8-14)17(24)18(15(11-21)26-20)27-16(23)10-9-13(2)22/h4-8,15,17-21,24H,3,9-12H2,1-2H3/t15-,17+,18+,19-,20-/m1/s1. The number of ketones is 1. The van der Waals surface area contributed by atoms with Gasteiger partial charge in [-0.15, -0.1) is 11.8 Å². The van der Waals surface area contributed by atoms with Gasteiger partial charge in [0.05, 0.1) is 19.6 Å². The number of aliphatic hydroxyl groups is 2. The first-order valence-corrected chi connectivity index (χ1v) is 10.4. The zero-order chi connectivity index (χ0) is 20.5. The Balaban J connectivity index is 2.08. The van der Waals surface area contributed by atoms with Crippen molar-refractivity contribution in [1.29, 1.82) is 0 Å². The second-order valence-electron chi connectivity index (χ2n) is 6.59. The van der Waals surface area contributed by atoms with Crippen LogP contribution < -0.4 is 0 Å². The number of aliphatic hydroxyl groups excluding tert-OH is 2. The number of ether oxygens (including phenoxy) is 3. The number of thioether (sulfide) groups is 1. The Hall–Kier alpha value is -1.45. The van der Waals surface area contributed by atoms with Gasteiger partial charge in [-0.2, -0.15) is 0 Å². The van der Waals surface area contributed by atoms with Crippen LogP contribution in [0.25, 0.3) is 0 Å². The van der Waals surface area contributed by atoms with E-state index in [1.54, 1.807) is 0 Å². The summed E-state index contributed by atoms with van der Waals surface area (Å²) in [7, 11) is 0. The number of Topliss-reactive ketones (excluding diaryl/α,β-unsaturated/α-hetero) is 1. The summed E-state index contributed by atoms with van der Waals surface area (Å²) in [5.74, 6) is -0.0200. The van der Waals surface area contributed by atoms with Gasteiger partial charge in [0, 0.05) is 6.42 Å². The SMILES string of the molecule is CCS[C@H]1O[C@H](CO)[C@H](OC(=O)CCC(C)=O)[C@H](O)[C@H]1OCc1ccccc1. The summed E-state index contributed by atoms with van der Waals surface area (Å²) in [6.07, 6.45) is -3.86. The highest BCUT2D eigenvalue weighted by Gasteiger charge is 2.47. The fraction of sp³-hybridized carbons (Fsp3) is 0.600. The second-order valence-corrected chi connectivity index (χ2v) is 7.96. The minimum Gasteiger partial charge on any atom is -0.457 e. The molecule has 2 rings (SSSR count). The number of esters is 1. The summed E-state index contributed by atoms with van der Waals surface area (Å²) >= 11 is 1.45. The number of carbonyl (C=O) groups excluding carboxylic acids is 2. The average Bonchev–Trinajstić information content (AvgIpc) is 2.68. The largest absolute Gasteiger partial charge is 0.457 e. The van der Waals surface area contributed by atoms with Crippen molar-refractivity contribution < 1.29 is 34.0 Å². The van der Waals surface area contributed by atoms with Crippen molar-refractivity contribution in [2.45, 2.75) is 63.1 Å². The van der Waals surface area contributed by atoms with Crippen molar-refractivity contribution in [1.82, 2.24) is 0 Å². The molecule has 1 aromatic carbocycles. The summed E-state index contributed by atoms with van der Waals surface area (Å²) in [5, 5.41) is 20.5. The Labute approximate surface area is 169 Å². The Bertz CT molecular complexity index is 624. The molecular weight excluding hydrogens is 384 g/mol. The number of hydrogen-bond donors (Lipinski definition) is 2. The van der Waals surface area contributed by atoms with Gasteiger partial charge in [-0.25, -0.2) is 0 Å². The zero-order valence-electron chi connectivity index (χ0n) is 16.2. The molecule has 0 spiro atoms. The molecule has 1 saturated heterocycles. The molecular formula is C20H28O7S. The maximum absolute atomic E-state index is 12.0. The summed E-state index contributed by atoms with van der Waals surface area (Å²) in [6, 6.07) is 9.51. The topological polar surface area (TPSA) is 102 Å². The van der Waals surface area contributed by atoms with E-state index in [0.29, 0.717) is 0 Å². The lowest BCUT2D eigenvalue weighted by Crippen LogP contribution is -2.59. The smallest absolute Gasteiger partial charge is 0.306 e. The van der Waals surface area contributed by atoms with Gasteiger partial charge in [-0.1, -0.05) is 37.3 Å². The van der Waals surface area contributed by atoms with Crippen LogP contribution in [0.5, 0.6) is 0 Å². The fourth-order valence-corrected chi connectivity index (χ4v) is 3.90. The van der Waals surface area contributed by atoms with Crippen molar-refractivity contribution in [3.8, 4) is 0 Å². The van der Waals surface area contributed by atoms with Gasteiger partial charge in [0.1, 0.15) is 29.5 Å². The highest BCUT2D eigenvalue weighted by molar-refractivity contribution is 7.99. The van der Waals surface area contributed by atoms with Gasteiger partial charge in [-0.3, -0.25) is 4.79 Å². The first-order chi connectivity index (χ1) is 13.5. The van der Waals surface area contributed by atoms with Crippen molar-refractivity contribution >= 4 is 23.5 Å². The van der Waals surface area contributed by atoms with Gasteiger partial charge in [0.15, 0.2) is 6.10 Å². The van der Waals surface area contributed by atoms with E-state index < -0.39 is 42.4 Å². The molecule has 1 aromatic rings. The molecule has 5 atom stereocenters. The summed E-state index contributed by atoms with van der Waals surface area (Å²) in [5.41, 5.74) is 0.433. The van der Waals surface area contributed by atoms with Crippen molar-refractivity contribution in [2.24, 2.45) is 0 Å². The van der Waals surface area contributed by atoms with E-state index in [9.17, 15) is 19.8 Å². The van der Waals surface area contributed by atoms with E-state index in [1.165, 1.54) is 18.7 Å². The molecule has 1 heterocycles. The number of hydrogen-bond acceptors (Lipinski definition) is 8. The van der Waals surface area contributed by atoms with Crippen molar-refractivity contribution in [2.75, 3.05) is 12.4 Å². The first-order valence-electron chi connectivity index (χ1n) is 9.36. The van der Waals surface area contributed by atoms with E-state index in [-0.39, 0.29) is 25.2 Å². The molecule has 156 valence electrons. The van der Waals surface area contributed by atoms with Crippen LogP contribution in [0, 0.1) is 0 Å². The van der Waals surface area contributed by atoms with Crippen LogP contribution in [-0.4, -0.2) is 64.2 Å². The molecule has 2 N–H and O–H groups in total. The summed E-state index contributed by atoms with van der Waals surface area (Å²) < 4.78 is 17.1. The van der Waals surface area contributed by atoms with Crippen LogP contribution in [0.4, 0.5) is 0 Å². The quantitative estimate of drug-likeness (QED) is 0.560. The van der Waals surface area contributed by atoms with Gasteiger partial charge < -0.3 is 29.2 Å². The molecule has 0 unspecified atom stereocenters. The van der Waals surface area contributed by atoms with Crippen LogP contribution in [0.3, 0.4) is 0 Å². The van der Waals surface area contributed by atoms with Crippen LogP contribution in [0.1, 0.15) is 32.3 Å². The molecule has 1 fully saturated rings. The predicted molar refractivity (Wildman–Crippen MR) is 105 cm³/mol. The molecule has 0 saturated carbocycles. The highest BCUT2D eigenvalue weighted by atomic mass is 32.2. The molecule has 1 aliphatic rings.